The lowest BCUT2D eigenvalue weighted by Crippen LogP contribution is -2.13. The van der Waals surface area contributed by atoms with Gasteiger partial charge in [0.25, 0.3) is 0 Å². The van der Waals surface area contributed by atoms with Crippen LogP contribution in [0.4, 0.5) is 0 Å². The van der Waals surface area contributed by atoms with Crippen LogP contribution in [-0.2, 0) is 6.54 Å². The summed E-state index contributed by atoms with van der Waals surface area (Å²) in [7, 11) is 1.63. The molecule has 0 saturated carbocycles. The van der Waals surface area contributed by atoms with E-state index < -0.39 is 0 Å². The number of halogens is 1. The maximum Gasteiger partial charge on any atom is 0.128 e. The Kier molecular flexibility index (Phi) is 5.87. The van der Waals surface area contributed by atoms with Crippen molar-refractivity contribution >= 4 is 11.6 Å². The summed E-state index contributed by atoms with van der Waals surface area (Å²) in [5.41, 5.74) is 1.07. The second-order valence-corrected chi connectivity index (χ2v) is 4.09. The van der Waals surface area contributed by atoms with Crippen LogP contribution in [0.1, 0.15) is 12.5 Å². The Morgan fingerprint density at radius 1 is 1.47 bits per heavy atom. The number of ether oxygens (including phenoxy) is 2. The van der Waals surface area contributed by atoms with Gasteiger partial charge in [0, 0.05) is 23.2 Å². The van der Waals surface area contributed by atoms with Gasteiger partial charge in [-0.05, 0) is 12.6 Å². The summed E-state index contributed by atoms with van der Waals surface area (Å²) in [5, 5.41) is 3.73. The molecule has 1 rings (SSSR count). The van der Waals surface area contributed by atoms with Gasteiger partial charge in [-0.2, -0.15) is 0 Å². The Morgan fingerprint density at radius 3 is 2.82 bits per heavy atom. The molecule has 0 unspecified atom stereocenters. The summed E-state index contributed by atoms with van der Waals surface area (Å²) in [4.78, 5) is 0. The largest absolute Gasteiger partial charge is 0.497 e. The van der Waals surface area contributed by atoms with Crippen molar-refractivity contribution in [3.63, 3.8) is 0 Å². The third-order valence-electron chi connectivity index (χ3n) is 2.22. The molecule has 0 fully saturated rings. The smallest absolute Gasteiger partial charge is 0.128 e. The molecule has 1 N–H and O–H groups in total. The first-order chi connectivity index (χ1) is 8.17. The zero-order valence-electron chi connectivity index (χ0n) is 10.3. The Bertz CT molecular complexity index is 380. The second kappa shape index (κ2) is 7.20. The quantitative estimate of drug-likeness (QED) is 0.813. The van der Waals surface area contributed by atoms with Gasteiger partial charge in [-0.3, -0.25) is 0 Å². The summed E-state index contributed by atoms with van der Waals surface area (Å²) in [5.74, 6) is 1.53. The molecule has 0 aliphatic heterocycles. The molecule has 0 spiro atoms. The Labute approximate surface area is 107 Å². The van der Waals surface area contributed by atoms with Crippen molar-refractivity contribution in [2.75, 3.05) is 20.3 Å². The third kappa shape index (κ3) is 4.67. The monoisotopic (exact) mass is 255 g/mol. The molecule has 0 amide bonds. The zero-order chi connectivity index (χ0) is 12.7. The average Bonchev–Trinajstić information content (AvgIpc) is 2.34. The highest BCUT2D eigenvalue weighted by Crippen LogP contribution is 2.25. The Morgan fingerprint density at radius 2 is 2.24 bits per heavy atom. The van der Waals surface area contributed by atoms with Gasteiger partial charge in [-0.1, -0.05) is 31.2 Å². The lowest BCUT2D eigenvalue weighted by atomic mass is 10.2. The molecule has 1 aromatic rings. The first-order valence-corrected chi connectivity index (χ1v) is 5.89. The third-order valence-corrected chi connectivity index (χ3v) is 2.33. The van der Waals surface area contributed by atoms with Crippen LogP contribution in [0.25, 0.3) is 0 Å². The van der Waals surface area contributed by atoms with Crippen LogP contribution in [0.5, 0.6) is 11.5 Å². The maximum atomic E-state index is 5.69. The summed E-state index contributed by atoms with van der Waals surface area (Å²) >= 11 is 5.69. The topological polar surface area (TPSA) is 30.5 Å². The van der Waals surface area contributed by atoms with E-state index in [2.05, 4.69) is 18.8 Å². The first kappa shape index (κ1) is 13.9. The van der Waals surface area contributed by atoms with Gasteiger partial charge in [0.2, 0.25) is 0 Å². The molecule has 0 atom stereocenters. The van der Waals surface area contributed by atoms with Crippen molar-refractivity contribution in [1.29, 1.82) is 0 Å². The predicted molar refractivity (Wildman–Crippen MR) is 70.9 cm³/mol. The fourth-order valence-electron chi connectivity index (χ4n) is 1.36. The molecular formula is C13H18ClNO2. The van der Waals surface area contributed by atoms with Gasteiger partial charge in [-0.25, -0.2) is 0 Å². The van der Waals surface area contributed by atoms with E-state index in [1.807, 2.05) is 18.2 Å². The minimum absolute atomic E-state index is 0.299. The fraction of sp³-hybridized carbons (Fsp3) is 0.385. The maximum absolute atomic E-state index is 5.69. The predicted octanol–water partition coefficient (Wildman–Crippen LogP) is 2.94. The number of hydrogen-bond donors (Lipinski definition) is 1. The number of methoxy groups -OCH3 is 1. The molecule has 0 radical (unpaired) electrons. The normalized spacial score (nSPS) is 10.1. The molecule has 1 aromatic carbocycles. The van der Waals surface area contributed by atoms with Crippen LogP contribution >= 0.6 is 11.6 Å². The van der Waals surface area contributed by atoms with E-state index >= 15 is 0 Å². The number of rotatable bonds is 7. The molecule has 3 nitrogen and oxygen atoms in total. The molecule has 0 aliphatic rings. The van der Waals surface area contributed by atoms with E-state index in [0.29, 0.717) is 11.6 Å². The van der Waals surface area contributed by atoms with Crippen LogP contribution in [-0.4, -0.2) is 20.3 Å². The highest BCUT2D eigenvalue weighted by molar-refractivity contribution is 6.29. The average molecular weight is 256 g/mol. The van der Waals surface area contributed by atoms with E-state index in [1.165, 1.54) is 0 Å². The van der Waals surface area contributed by atoms with Gasteiger partial charge in [0.1, 0.15) is 18.1 Å². The molecule has 0 aromatic heterocycles. The van der Waals surface area contributed by atoms with Crippen LogP contribution < -0.4 is 14.8 Å². The van der Waals surface area contributed by atoms with Gasteiger partial charge in [0.15, 0.2) is 0 Å². The van der Waals surface area contributed by atoms with E-state index in [4.69, 9.17) is 21.1 Å². The highest BCUT2D eigenvalue weighted by Gasteiger charge is 2.06. The van der Waals surface area contributed by atoms with Crippen molar-refractivity contribution < 1.29 is 9.47 Å². The second-order valence-electron chi connectivity index (χ2n) is 3.56. The summed E-state index contributed by atoms with van der Waals surface area (Å²) in [6.45, 7) is 7.62. The SMILES string of the molecule is C=C(Cl)COc1cc(OC)ccc1CNCC. The van der Waals surface area contributed by atoms with Gasteiger partial charge >= 0.3 is 0 Å². The van der Waals surface area contributed by atoms with Crippen molar-refractivity contribution in [3.05, 3.63) is 35.4 Å². The Hall–Kier alpha value is -1.19. The van der Waals surface area contributed by atoms with E-state index in [1.54, 1.807) is 7.11 Å². The number of benzene rings is 1. The number of hydrogen-bond acceptors (Lipinski definition) is 3. The van der Waals surface area contributed by atoms with E-state index in [-0.39, 0.29) is 0 Å². The fourth-order valence-corrected chi connectivity index (χ4v) is 1.41. The van der Waals surface area contributed by atoms with E-state index in [9.17, 15) is 0 Å². The van der Waals surface area contributed by atoms with Crippen molar-refractivity contribution in [2.45, 2.75) is 13.5 Å². The lowest BCUT2D eigenvalue weighted by Gasteiger charge is -2.12. The molecule has 0 saturated heterocycles. The van der Waals surface area contributed by atoms with Gasteiger partial charge in [-0.15, -0.1) is 0 Å². The first-order valence-electron chi connectivity index (χ1n) is 5.51. The van der Waals surface area contributed by atoms with Crippen LogP contribution in [0.3, 0.4) is 0 Å². The van der Waals surface area contributed by atoms with Gasteiger partial charge in [0.05, 0.1) is 7.11 Å². The van der Waals surface area contributed by atoms with Crippen LogP contribution in [0.2, 0.25) is 0 Å². The van der Waals surface area contributed by atoms with Crippen molar-refractivity contribution in [1.82, 2.24) is 5.32 Å². The summed E-state index contributed by atoms with van der Waals surface area (Å²) in [6, 6.07) is 5.75. The van der Waals surface area contributed by atoms with Crippen LogP contribution in [0.15, 0.2) is 29.8 Å². The molecule has 4 heteroatoms. The highest BCUT2D eigenvalue weighted by atomic mass is 35.5. The van der Waals surface area contributed by atoms with Gasteiger partial charge < -0.3 is 14.8 Å². The zero-order valence-corrected chi connectivity index (χ0v) is 11.0. The molecule has 94 valence electrons. The molecule has 0 aliphatic carbocycles. The van der Waals surface area contributed by atoms with Crippen molar-refractivity contribution in [2.24, 2.45) is 0 Å². The summed E-state index contributed by atoms with van der Waals surface area (Å²) in [6.07, 6.45) is 0. The number of nitrogens with one attached hydrogen (secondary N) is 1. The minimum Gasteiger partial charge on any atom is -0.497 e. The molecular weight excluding hydrogens is 238 g/mol. The molecule has 0 heterocycles. The molecule has 0 bridgehead atoms. The standard InChI is InChI=1S/C13H18ClNO2/c1-4-15-8-11-5-6-12(16-3)7-13(11)17-9-10(2)14/h5-7,15H,2,4,8-9H2,1,3H3. The molecule has 17 heavy (non-hydrogen) atoms. The lowest BCUT2D eigenvalue weighted by molar-refractivity contribution is 0.349. The van der Waals surface area contributed by atoms with Crippen LogP contribution in [0, 0.1) is 0 Å². The van der Waals surface area contributed by atoms with Crippen molar-refractivity contribution in [3.8, 4) is 11.5 Å². The van der Waals surface area contributed by atoms with E-state index in [0.717, 1.165) is 30.2 Å². The minimum atomic E-state index is 0.299. The summed E-state index contributed by atoms with van der Waals surface area (Å²) < 4.78 is 10.8. The Balaban J connectivity index is 2.82.